The van der Waals surface area contributed by atoms with Crippen LogP contribution < -0.4 is 4.74 Å². The van der Waals surface area contributed by atoms with Crippen LogP contribution >= 0.6 is 11.3 Å². The Hall–Kier alpha value is -1.09. The SMILES string of the molecule is COc1cc2scnc2cc1C1CC1. The lowest BCUT2D eigenvalue weighted by molar-refractivity contribution is 0.410. The smallest absolute Gasteiger partial charge is 0.123 e. The molecule has 0 spiro atoms. The van der Waals surface area contributed by atoms with E-state index in [1.54, 1.807) is 18.4 Å². The third-order valence-electron chi connectivity index (χ3n) is 2.70. The number of fused-ring (bicyclic) bond motifs is 1. The monoisotopic (exact) mass is 205 g/mol. The zero-order valence-corrected chi connectivity index (χ0v) is 8.80. The van der Waals surface area contributed by atoms with Gasteiger partial charge >= 0.3 is 0 Å². The molecule has 0 amide bonds. The fourth-order valence-corrected chi connectivity index (χ4v) is 2.48. The molecule has 1 aromatic carbocycles. The van der Waals surface area contributed by atoms with Gasteiger partial charge in [-0.2, -0.15) is 0 Å². The van der Waals surface area contributed by atoms with Crippen molar-refractivity contribution in [3.05, 3.63) is 23.2 Å². The van der Waals surface area contributed by atoms with E-state index in [9.17, 15) is 0 Å². The minimum atomic E-state index is 0.719. The molecular formula is C11H11NOS. The average Bonchev–Trinajstić information content (AvgIpc) is 2.95. The third-order valence-corrected chi connectivity index (χ3v) is 3.49. The van der Waals surface area contributed by atoms with Gasteiger partial charge in [-0.3, -0.25) is 0 Å². The second-order valence-corrected chi connectivity index (χ2v) is 4.57. The van der Waals surface area contributed by atoms with Gasteiger partial charge in [-0.15, -0.1) is 11.3 Å². The number of nitrogens with zero attached hydrogens (tertiary/aromatic N) is 1. The minimum Gasteiger partial charge on any atom is -0.496 e. The zero-order chi connectivity index (χ0) is 9.54. The molecule has 14 heavy (non-hydrogen) atoms. The lowest BCUT2D eigenvalue weighted by Crippen LogP contribution is -1.89. The van der Waals surface area contributed by atoms with Crippen molar-refractivity contribution in [1.82, 2.24) is 4.98 Å². The standard InChI is InChI=1S/C11H11NOS/c1-13-10-5-11-9(12-6-14-11)4-8(10)7-2-3-7/h4-7H,2-3H2,1H3. The van der Waals surface area contributed by atoms with E-state index < -0.39 is 0 Å². The molecule has 0 unspecified atom stereocenters. The Bertz CT molecular complexity index is 473. The summed E-state index contributed by atoms with van der Waals surface area (Å²) in [6.45, 7) is 0. The van der Waals surface area contributed by atoms with Gasteiger partial charge in [-0.25, -0.2) is 4.98 Å². The number of ether oxygens (including phenoxy) is 1. The van der Waals surface area contributed by atoms with Crippen LogP contribution in [0.25, 0.3) is 10.2 Å². The molecule has 1 aromatic heterocycles. The fraction of sp³-hybridized carbons (Fsp3) is 0.364. The van der Waals surface area contributed by atoms with Gasteiger partial charge in [-0.1, -0.05) is 0 Å². The van der Waals surface area contributed by atoms with Crippen molar-refractivity contribution in [3.63, 3.8) is 0 Å². The maximum Gasteiger partial charge on any atom is 0.123 e. The summed E-state index contributed by atoms with van der Waals surface area (Å²) in [6.07, 6.45) is 2.60. The van der Waals surface area contributed by atoms with E-state index in [0.29, 0.717) is 0 Å². The summed E-state index contributed by atoms with van der Waals surface area (Å²) in [7, 11) is 1.74. The van der Waals surface area contributed by atoms with Gasteiger partial charge in [0.15, 0.2) is 0 Å². The van der Waals surface area contributed by atoms with Crippen LogP contribution in [0.4, 0.5) is 0 Å². The van der Waals surface area contributed by atoms with Crippen molar-refractivity contribution in [3.8, 4) is 5.75 Å². The Morgan fingerprint density at radius 1 is 1.43 bits per heavy atom. The lowest BCUT2D eigenvalue weighted by Gasteiger charge is -2.06. The molecule has 0 saturated heterocycles. The first-order valence-electron chi connectivity index (χ1n) is 4.79. The first-order valence-corrected chi connectivity index (χ1v) is 5.67. The maximum atomic E-state index is 5.40. The molecule has 3 heteroatoms. The molecule has 1 aliphatic carbocycles. The molecule has 1 heterocycles. The van der Waals surface area contributed by atoms with Crippen LogP contribution in [-0.2, 0) is 0 Å². The van der Waals surface area contributed by atoms with E-state index in [2.05, 4.69) is 17.1 Å². The van der Waals surface area contributed by atoms with E-state index in [1.807, 2.05) is 5.51 Å². The van der Waals surface area contributed by atoms with Crippen molar-refractivity contribution >= 4 is 21.6 Å². The van der Waals surface area contributed by atoms with Crippen LogP contribution in [0.3, 0.4) is 0 Å². The Morgan fingerprint density at radius 3 is 3.00 bits per heavy atom. The third kappa shape index (κ3) is 1.20. The van der Waals surface area contributed by atoms with E-state index in [0.717, 1.165) is 17.2 Å². The summed E-state index contributed by atoms with van der Waals surface area (Å²) in [4.78, 5) is 4.33. The van der Waals surface area contributed by atoms with Crippen LogP contribution in [0, 0.1) is 0 Å². The molecule has 0 aliphatic heterocycles. The number of hydrogen-bond acceptors (Lipinski definition) is 3. The quantitative estimate of drug-likeness (QED) is 0.751. The highest BCUT2D eigenvalue weighted by molar-refractivity contribution is 7.16. The first-order chi connectivity index (χ1) is 6.88. The molecule has 0 bridgehead atoms. The van der Waals surface area contributed by atoms with E-state index >= 15 is 0 Å². The zero-order valence-electron chi connectivity index (χ0n) is 7.99. The van der Waals surface area contributed by atoms with Crippen molar-refractivity contribution in [1.29, 1.82) is 0 Å². The Kier molecular flexibility index (Phi) is 1.74. The predicted molar refractivity (Wildman–Crippen MR) is 58.1 cm³/mol. The van der Waals surface area contributed by atoms with Gasteiger partial charge < -0.3 is 4.74 Å². The number of aromatic nitrogens is 1. The van der Waals surface area contributed by atoms with Gasteiger partial charge in [0.1, 0.15) is 5.75 Å². The van der Waals surface area contributed by atoms with E-state index in [-0.39, 0.29) is 0 Å². The predicted octanol–water partition coefficient (Wildman–Crippen LogP) is 3.18. The molecule has 1 fully saturated rings. The molecule has 72 valence electrons. The van der Waals surface area contributed by atoms with Gasteiger partial charge in [0.25, 0.3) is 0 Å². The molecule has 2 nitrogen and oxygen atoms in total. The molecule has 0 N–H and O–H groups in total. The van der Waals surface area contributed by atoms with E-state index in [1.165, 1.54) is 23.1 Å². The molecule has 0 radical (unpaired) electrons. The molecule has 1 aliphatic rings. The van der Waals surface area contributed by atoms with Crippen LogP contribution in [-0.4, -0.2) is 12.1 Å². The Balaban J connectivity index is 2.23. The summed E-state index contributed by atoms with van der Waals surface area (Å²) in [5, 5.41) is 0. The molecule has 3 rings (SSSR count). The maximum absolute atomic E-state index is 5.40. The molecular weight excluding hydrogens is 194 g/mol. The second-order valence-electron chi connectivity index (χ2n) is 3.69. The summed E-state index contributed by atoms with van der Waals surface area (Å²) >= 11 is 1.67. The number of thiazole rings is 1. The topological polar surface area (TPSA) is 22.1 Å². The highest BCUT2D eigenvalue weighted by atomic mass is 32.1. The summed E-state index contributed by atoms with van der Waals surface area (Å²) < 4.78 is 6.62. The van der Waals surface area contributed by atoms with Crippen molar-refractivity contribution in [2.45, 2.75) is 18.8 Å². The van der Waals surface area contributed by atoms with Gasteiger partial charge in [0, 0.05) is 0 Å². The number of benzene rings is 1. The molecule has 1 saturated carbocycles. The highest BCUT2D eigenvalue weighted by Crippen LogP contribution is 2.45. The second kappa shape index (κ2) is 2.95. The molecule has 2 aromatic rings. The van der Waals surface area contributed by atoms with Crippen LogP contribution in [0.2, 0.25) is 0 Å². The Labute approximate surface area is 86.5 Å². The summed E-state index contributed by atoms with van der Waals surface area (Å²) in [6, 6.07) is 4.29. The lowest BCUT2D eigenvalue weighted by atomic mass is 10.1. The Morgan fingerprint density at radius 2 is 2.29 bits per heavy atom. The molecule has 0 atom stereocenters. The van der Waals surface area contributed by atoms with Crippen LogP contribution in [0.1, 0.15) is 24.3 Å². The number of hydrogen-bond donors (Lipinski definition) is 0. The van der Waals surface area contributed by atoms with Crippen molar-refractivity contribution < 1.29 is 4.74 Å². The van der Waals surface area contributed by atoms with Crippen molar-refractivity contribution in [2.75, 3.05) is 7.11 Å². The summed E-state index contributed by atoms with van der Waals surface area (Å²) in [5.41, 5.74) is 4.34. The number of methoxy groups -OCH3 is 1. The van der Waals surface area contributed by atoms with Crippen LogP contribution in [0.5, 0.6) is 5.75 Å². The number of rotatable bonds is 2. The largest absolute Gasteiger partial charge is 0.496 e. The summed E-state index contributed by atoms with van der Waals surface area (Å²) in [5.74, 6) is 1.75. The van der Waals surface area contributed by atoms with E-state index in [4.69, 9.17) is 4.74 Å². The normalized spacial score (nSPS) is 16.1. The average molecular weight is 205 g/mol. The fourth-order valence-electron chi connectivity index (χ4n) is 1.79. The van der Waals surface area contributed by atoms with Gasteiger partial charge in [0.05, 0.1) is 22.8 Å². The van der Waals surface area contributed by atoms with Crippen molar-refractivity contribution in [2.24, 2.45) is 0 Å². The minimum absolute atomic E-state index is 0.719. The van der Waals surface area contributed by atoms with Gasteiger partial charge in [-0.05, 0) is 36.5 Å². The first kappa shape index (κ1) is 8.24. The highest BCUT2D eigenvalue weighted by Gasteiger charge is 2.27. The van der Waals surface area contributed by atoms with Gasteiger partial charge in [0.2, 0.25) is 0 Å². The van der Waals surface area contributed by atoms with Crippen LogP contribution in [0.15, 0.2) is 17.6 Å².